The predicted molar refractivity (Wildman–Crippen MR) is 198 cm³/mol. The van der Waals surface area contributed by atoms with Crippen LogP contribution in [0.5, 0.6) is 17.2 Å². The Morgan fingerprint density at radius 2 is 0.940 bits per heavy atom. The lowest BCUT2D eigenvalue weighted by Gasteiger charge is -2.09. The molecule has 1 N–H and O–H groups in total. The maximum absolute atomic E-state index is 11.2. The normalized spacial score (nSPS) is 11.3. The van der Waals surface area contributed by atoms with Crippen LogP contribution in [-0.4, -0.2) is 26.6 Å². The molecule has 6 nitrogen and oxygen atoms in total. The van der Waals surface area contributed by atoms with Gasteiger partial charge < -0.3 is 19.4 Å². The Labute approximate surface area is 295 Å². The highest BCUT2D eigenvalue weighted by atomic mass is 16.5. The van der Waals surface area contributed by atoms with E-state index in [2.05, 4.69) is 71.8 Å². The standard InChI is InChI=1S/C24H22N2O2.C20H20O2/c1-18(13-19(2)27)14-22-7-5-20(6-8-22)3-4-21-9-11-23(12-10-21)28-24-15-25-17-26-16-24;1-15(13-16(2)21)14-19-7-5-17(6-8-19)3-4-18-9-11-20(22)12-10-18/h5-12,15-18H,13-14H2,1-2H3;5-12,15,22H,13-14H2,1-2H3. The van der Waals surface area contributed by atoms with Gasteiger partial charge in [-0.2, -0.15) is 0 Å². The molecule has 0 aliphatic heterocycles. The first kappa shape index (κ1) is 36.8. The van der Waals surface area contributed by atoms with Crippen LogP contribution in [0.25, 0.3) is 0 Å². The Balaban J connectivity index is 0.000000232. The van der Waals surface area contributed by atoms with Gasteiger partial charge in [0.05, 0.1) is 12.4 Å². The number of rotatable bonds is 10. The van der Waals surface area contributed by atoms with Crippen molar-refractivity contribution in [3.8, 4) is 40.9 Å². The highest BCUT2D eigenvalue weighted by Gasteiger charge is 2.07. The van der Waals surface area contributed by atoms with E-state index in [-0.39, 0.29) is 17.3 Å². The number of nitrogens with zero attached hydrogens (tertiary/aromatic N) is 2. The average molecular weight is 663 g/mol. The molecule has 0 fully saturated rings. The van der Waals surface area contributed by atoms with Crippen molar-refractivity contribution in [3.63, 3.8) is 0 Å². The van der Waals surface area contributed by atoms with Crippen molar-refractivity contribution in [3.05, 3.63) is 149 Å². The summed E-state index contributed by atoms with van der Waals surface area (Å²) in [5.41, 5.74) is 6.16. The monoisotopic (exact) mass is 662 g/mol. The minimum Gasteiger partial charge on any atom is -0.508 e. The third-order valence-corrected chi connectivity index (χ3v) is 7.54. The summed E-state index contributed by atoms with van der Waals surface area (Å²) in [5.74, 6) is 15.3. The van der Waals surface area contributed by atoms with E-state index in [0.717, 1.165) is 35.1 Å². The topological polar surface area (TPSA) is 89.4 Å². The quantitative estimate of drug-likeness (QED) is 0.150. The number of ether oxygens (including phenoxy) is 1. The van der Waals surface area contributed by atoms with Gasteiger partial charge in [-0.05, 0) is 122 Å². The second-order valence-electron chi connectivity index (χ2n) is 12.6. The zero-order valence-electron chi connectivity index (χ0n) is 29.0. The van der Waals surface area contributed by atoms with Crippen LogP contribution in [-0.2, 0) is 22.4 Å². The van der Waals surface area contributed by atoms with Crippen LogP contribution in [0.4, 0.5) is 0 Å². The van der Waals surface area contributed by atoms with Crippen LogP contribution >= 0.6 is 0 Å². The zero-order chi connectivity index (χ0) is 35.7. The number of phenolic OH excluding ortho intramolecular Hbond substituents is 1. The summed E-state index contributed by atoms with van der Waals surface area (Å²) < 4.78 is 5.67. The fraction of sp³-hybridized carbons (Fsp3) is 0.227. The molecule has 2 atom stereocenters. The number of hydrogen-bond acceptors (Lipinski definition) is 6. The van der Waals surface area contributed by atoms with Crippen LogP contribution in [0.2, 0.25) is 0 Å². The van der Waals surface area contributed by atoms with E-state index in [1.54, 1.807) is 50.5 Å². The smallest absolute Gasteiger partial charge is 0.163 e. The Kier molecular flexibility index (Phi) is 14.1. The number of carbonyl (C=O) groups excluding carboxylic acids is 2. The van der Waals surface area contributed by atoms with Gasteiger partial charge in [-0.15, -0.1) is 0 Å². The molecule has 0 saturated heterocycles. The van der Waals surface area contributed by atoms with Crippen LogP contribution in [0.1, 0.15) is 73.9 Å². The van der Waals surface area contributed by atoms with Crippen molar-refractivity contribution in [2.45, 2.75) is 53.4 Å². The second-order valence-corrected chi connectivity index (χ2v) is 12.6. The number of benzene rings is 4. The van der Waals surface area contributed by atoms with E-state index in [0.29, 0.717) is 36.2 Å². The number of aromatic nitrogens is 2. The number of aromatic hydroxyl groups is 1. The van der Waals surface area contributed by atoms with Gasteiger partial charge in [-0.1, -0.05) is 61.8 Å². The highest BCUT2D eigenvalue weighted by Crippen LogP contribution is 2.20. The summed E-state index contributed by atoms with van der Waals surface area (Å²) >= 11 is 0. The molecule has 0 amide bonds. The Bertz CT molecular complexity index is 1950. The molecule has 5 rings (SSSR count). The predicted octanol–water partition coefficient (Wildman–Crippen LogP) is 8.78. The Hall–Kier alpha value is -5.98. The van der Waals surface area contributed by atoms with E-state index in [1.165, 1.54) is 17.5 Å². The SMILES string of the molecule is CC(=O)CC(C)Cc1ccc(C#Cc2ccc(O)cc2)cc1.CC(=O)CC(C)Cc1ccc(C#Cc2ccc(Oc3cncnc3)cc2)cc1. The summed E-state index contributed by atoms with van der Waals surface area (Å²) in [7, 11) is 0. The van der Waals surface area contributed by atoms with Crippen LogP contribution in [0, 0.1) is 35.5 Å². The van der Waals surface area contributed by atoms with Gasteiger partial charge in [0.2, 0.25) is 0 Å². The summed E-state index contributed by atoms with van der Waals surface area (Å²) in [6, 6.07) is 30.8. The summed E-state index contributed by atoms with van der Waals surface area (Å²) in [5, 5.41) is 9.23. The molecule has 2 unspecified atom stereocenters. The van der Waals surface area contributed by atoms with Gasteiger partial charge >= 0.3 is 0 Å². The molecule has 1 heterocycles. The van der Waals surface area contributed by atoms with Gasteiger partial charge in [-0.3, -0.25) is 0 Å². The molecule has 0 bridgehead atoms. The maximum Gasteiger partial charge on any atom is 0.163 e. The molecule has 0 spiro atoms. The van der Waals surface area contributed by atoms with Crippen LogP contribution in [0.3, 0.4) is 0 Å². The van der Waals surface area contributed by atoms with Gasteiger partial charge in [0, 0.05) is 35.1 Å². The molecular formula is C44H42N2O4. The van der Waals surface area contributed by atoms with E-state index in [9.17, 15) is 14.7 Å². The molecule has 6 heteroatoms. The third-order valence-electron chi connectivity index (χ3n) is 7.54. The lowest BCUT2D eigenvalue weighted by atomic mass is 9.96. The molecule has 0 aliphatic carbocycles. The molecular weight excluding hydrogens is 620 g/mol. The van der Waals surface area contributed by atoms with Gasteiger partial charge in [-0.25, -0.2) is 9.97 Å². The fourth-order valence-electron chi connectivity index (χ4n) is 5.29. The van der Waals surface area contributed by atoms with E-state index < -0.39 is 0 Å². The third kappa shape index (κ3) is 13.6. The molecule has 4 aromatic carbocycles. The van der Waals surface area contributed by atoms with E-state index in [1.807, 2.05) is 48.5 Å². The van der Waals surface area contributed by atoms with E-state index in [4.69, 9.17) is 4.74 Å². The molecule has 5 aromatic rings. The lowest BCUT2D eigenvalue weighted by molar-refractivity contribution is -0.118. The van der Waals surface area contributed by atoms with Gasteiger partial charge in [0.15, 0.2) is 5.75 Å². The maximum atomic E-state index is 11.2. The van der Waals surface area contributed by atoms with Crippen LogP contribution in [0.15, 0.2) is 116 Å². The summed E-state index contributed by atoms with van der Waals surface area (Å²) in [4.78, 5) is 30.1. The first-order valence-corrected chi connectivity index (χ1v) is 16.6. The minimum absolute atomic E-state index is 0.239. The van der Waals surface area contributed by atoms with Crippen LogP contribution < -0.4 is 4.74 Å². The molecule has 252 valence electrons. The van der Waals surface area contributed by atoms with E-state index >= 15 is 0 Å². The Morgan fingerprint density at radius 1 is 0.580 bits per heavy atom. The van der Waals surface area contributed by atoms with Crippen molar-refractivity contribution >= 4 is 11.6 Å². The van der Waals surface area contributed by atoms with Gasteiger partial charge in [0.1, 0.15) is 29.4 Å². The average Bonchev–Trinajstić information content (AvgIpc) is 3.09. The minimum atomic E-state index is 0.239. The van der Waals surface area contributed by atoms with Crippen molar-refractivity contribution < 1.29 is 19.4 Å². The highest BCUT2D eigenvalue weighted by molar-refractivity contribution is 5.76. The van der Waals surface area contributed by atoms with Crippen molar-refractivity contribution in [2.75, 3.05) is 0 Å². The molecule has 50 heavy (non-hydrogen) atoms. The number of hydrogen-bond donors (Lipinski definition) is 1. The number of carbonyl (C=O) groups is 2. The fourth-order valence-corrected chi connectivity index (χ4v) is 5.29. The van der Waals surface area contributed by atoms with Crippen molar-refractivity contribution in [2.24, 2.45) is 11.8 Å². The number of ketones is 2. The Morgan fingerprint density at radius 3 is 1.32 bits per heavy atom. The zero-order valence-corrected chi connectivity index (χ0v) is 29.0. The molecule has 0 radical (unpaired) electrons. The first-order valence-electron chi connectivity index (χ1n) is 16.6. The summed E-state index contributed by atoms with van der Waals surface area (Å²) in [6.07, 6.45) is 7.76. The number of Topliss-reactive ketones (excluding diaryl/α,β-unsaturated/α-hetero) is 2. The van der Waals surface area contributed by atoms with Gasteiger partial charge in [0.25, 0.3) is 0 Å². The van der Waals surface area contributed by atoms with Crippen molar-refractivity contribution in [1.29, 1.82) is 0 Å². The largest absolute Gasteiger partial charge is 0.508 e. The molecule has 0 aliphatic rings. The second kappa shape index (κ2) is 19.1. The first-order chi connectivity index (χ1) is 24.1. The molecule has 1 aromatic heterocycles. The summed E-state index contributed by atoms with van der Waals surface area (Å²) in [6.45, 7) is 7.48. The van der Waals surface area contributed by atoms with Crippen molar-refractivity contribution in [1.82, 2.24) is 9.97 Å². The molecule has 0 saturated carbocycles. The lowest BCUT2D eigenvalue weighted by Crippen LogP contribution is -2.04. The number of phenols is 1.